The molecule has 0 atom stereocenters. The molecule has 3 nitrogen and oxygen atoms in total. The van der Waals surface area contributed by atoms with Crippen molar-refractivity contribution in [1.82, 2.24) is 0 Å². The maximum Gasteiger partial charge on any atom is 0.161 e. The molecule has 112 valence electrons. The van der Waals surface area contributed by atoms with Gasteiger partial charge in [-0.3, -0.25) is 4.99 Å². The topological polar surface area (TPSA) is 30.8 Å². The molecule has 0 unspecified atom stereocenters. The van der Waals surface area contributed by atoms with Crippen molar-refractivity contribution in [2.24, 2.45) is 4.99 Å². The van der Waals surface area contributed by atoms with Crippen LogP contribution in [0.1, 0.15) is 31.9 Å². The van der Waals surface area contributed by atoms with Gasteiger partial charge in [-0.1, -0.05) is 6.92 Å². The molecule has 5 heteroatoms. The molecule has 0 radical (unpaired) electrons. The molecular formula is C15H22ClNO2S. The fourth-order valence-corrected chi connectivity index (χ4v) is 3.28. The highest BCUT2D eigenvalue weighted by Crippen LogP contribution is 2.37. The quantitative estimate of drug-likeness (QED) is 0.846. The summed E-state index contributed by atoms with van der Waals surface area (Å²) in [7, 11) is 3.34. The smallest absolute Gasteiger partial charge is 0.161 e. The van der Waals surface area contributed by atoms with Crippen LogP contribution in [0.15, 0.2) is 17.1 Å². The SMILES string of the molecule is CCSC1=NC(C)(C)Cc2cc(OC)c(OC)cc21.Cl. The van der Waals surface area contributed by atoms with Crippen LogP contribution in [-0.2, 0) is 6.42 Å². The Morgan fingerprint density at radius 3 is 2.35 bits per heavy atom. The van der Waals surface area contributed by atoms with E-state index < -0.39 is 0 Å². The molecule has 1 aliphatic rings. The van der Waals surface area contributed by atoms with Crippen LogP contribution in [0.4, 0.5) is 0 Å². The Morgan fingerprint density at radius 2 is 1.80 bits per heavy atom. The molecule has 1 aromatic carbocycles. The second-order valence-corrected chi connectivity index (χ2v) is 6.46. The highest BCUT2D eigenvalue weighted by atomic mass is 35.5. The van der Waals surface area contributed by atoms with Gasteiger partial charge in [-0.05, 0) is 43.7 Å². The predicted octanol–water partition coefficient (Wildman–Crippen LogP) is 3.96. The van der Waals surface area contributed by atoms with Gasteiger partial charge in [-0.15, -0.1) is 24.2 Å². The second kappa shape index (κ2) is 6.72. The van der Waals surface area contributed by atoms with E-state index in [2.05, 4.69) is 26.8 Å². The highest BCUT2D eigenvalue weighted by Gasteiger charge is 2.28. The molecule has 0 saturated carbocycles. The van der Waals surface area contributed by atoms with Crippen molar-refractivity contribution in [1.29, 1.82) is 0 Å². The third-order valence-corrected chi connectivity index (χ3v) is 4.02. The van der Waals surface area contributed by atoms with Crippen LogP contribution in [0.5, 0.6) is 11.5 Å². The van der Waals surface area contributed by atoms with E-state index in [4.69, 9.17) is 14.5 Å². The summed E-state index contributed by atoms with van der Waals surface area (Å²) in [6, 6.07) is 4.13. The molecule has 0 amide bonds. The van der Waals surface area contributed by atoms with E-state index in [1.165, 1.54) is 11.1 Å². The van der Waals surface area contributed by atoms with Gasteiger partial charge in [0.05, 0.1) is 24.8 Å². The molecular weight excluding hydrogens is 294 g/mol. The van der Waals surface area contributed by atoms with Gasteiger partial charge in [0.15, 0.2) is 11.5 Å². The molecule has 0 aromatic heterocycles. The van der Waals surface area contributed by atoms with Gasteiger partial charge in [-0.25, -0.2) is 0 Å². The number of methoxy groups -OCH3 is 2. The normalized spacial score (nSPS) is 15.8. The lowest BCUT2D eigenvalue weighted by Gasteiger charge is -2.29. The predicted molar refractivity (Wildman–Crippen MR) is 89.2 cm³/mol. The van der Waals surface area contributed by atoms with Gasteiger partial charge in [0.1, 0.15) is 0 Å². The van der Waals surface area contributed by atoms with Crippen LogP contribution in [0.3, 0.4) is 0 Å². The van der Waals surface area contributed by atoms with Crippen molar-refractivity contribution in [3.05, 3.63) is 23.3 Å². The number of nitrogens with zero attached hydrogens (tertiary/aromatic N) is 1. The molecule has 1 heterocycles. The van der Waals surface area contributed by atoms with E-state index in [1.807, 2.05) is 6.07 Å². The number of thioether (sulfide) groups is 1. The molecule has 20 heavy (non-hydrogen) atoms. The Kier molecular flexibility index (Phi) is 5.78. The summed E-state index contributed by atoms with van der Waals surface area (Å²) in [5.74, 6) is 2.58. The average Bonchev–Trinajstić information content (AvgIpc) is 2.36. The summed E-state index contributed by atoms with van der Waals surface area (Å²) in [6.07, 6.45) is 0.927. The summed E-state index contributed by atoms with van der Waals surface area (Å²) in [5.41, 5.74) is 2.42. The minimum absolute atomic E-state index is 0. The monoisotopic (exact) mass is 315 g/mol. The van der Waals surface area contributed by atoms with E-state index >= 15 is 0 Å². The van der Waals surface area contributed by atoms with Gasteiger partial charge in [0.25, 0.3) is 0 Å². The Labute approximate surface area is 131 Å². The van der Waals surface area contributed by atoms with Crippen molar-refractivity contribution >= 4 is 29.2 Å². The molecule has 0 aliphatic carbocycles. The second-order valence-electron chi connectivity index (χ2n) is 5.20. The summed E-state index contributed by atoms with van der Waals surface area (Å²) >= 11 is 1.78. The maximum absolute atomic E-state index is 5.39. The lowest BCUT2D eigenvalue weighted by molar-refractivity contribution is 0.354. The number of rotatable bonds is 3. The number of halogens is 1. The van der Waals surface area contributed by atoms with Crippen molar-refractivity contribution in [3.63, 3.8) is 0 Å². The first kappa shape index (κ1) is 17.2. The molecule has 1 aromatic rings. The largest absolute Gasteiger partial charge is 0.493 e. The first-order valence-corrected chi connectivity index (χ1v) is 7.47. The number of aliphatic imine (C=N–C) groups is 1. The van der Waals surface area contributed by atoms with Crippen LogP contribution in [0.2, 0.25) is 0 Å². The molecule has 0 fully saturated rings. The van der Waals surface area contributed by atoms with Gasteiger partial charge in [0.2, 0.25) is 0 Å². The zero-order valence-electron chi connectivity index (χ0n) is 12.6. The zero-order chi connectivity index (χ0) is 14.0. The van der Waals surface area contributed by atoms with Crippen LogP contribution in [0.25, 0.3) is 0 Å². The Balaban J connectivity index is 0.00000200. The Bertz CT molecular complexity index is 515. The lowest BCUT2D eigenvalue weighted by Crippen LogP contribution is -2.28. The standard InChI is InChI=1S/C15H21NO2S.ClH/c1-6-19-14-11-8-13(18-5)12(17-4)7-10(11)9-15(2,3)16-14;/h7-8H,6,9H2,1-5H3;1H. The van der Waals surface area contributed by atoms with E-state index in [-0.39, 0.29) is 17.9 Å². The van der Waals surface area contributed by atoms with Gasteiger partial charge < -0.3 is 9.47 Å². The number of fused-ring (bicyclic) bond motifs is 1. The molecule has 0 N–H and O–H groups in total. The number of hydrogen-bond donors (Lipinski definition) is 0. The summed E-state index contributed by atoms with van der Waals surface area (Å²) in [6.45, 7) is 6.49. The van der Waals surface area contributed by atoms with E-state index in [9.17, 15) is 0 Å². The van der Waals surface area contributed by atoms with Gasteiger partial charge >= 0.3 is 0 Å². The van der Waals surface area contributed by atoms with Crippen molar-refractivity contribution in [3.8, 4) is 11.5 Å². The number of hydrogen-bond acceptors (Lipinski definition) is 4. The summed E-state index contributed by atoms with van der Waals surface area (Å²) in [4.78, 5) is 4.86. The van der Waals surface area contributed by atoms with E-state index in [1.54, 1.807) is 26.0 Å². The van der Waals surface area contributed by atoms with Gasteiger partial charge in [0, 0.05) is 5.56 Å². The zero-order valence-corrected chi connectivity index (χ0v) is 14.3. The fourth-order valence-electron chi connectivity index (χ4n) is 2.35. The van der Waals surface area contributed by atoms with Crippen LogP contribution < -0.4 is 9.47 Å². The highest BCUT2D eigenvalue weighted by molar-refractivity contribution is 8.14. The van der Waals surface area contributed by atoms with Crippen molar-refractivity contribution in [2.45, 2.75) is 32.7 Å². The summed E-state index contributed by atoms with van der Waals surface area (Å²) < 4.78 is 10.8. The van der Waals surface area contributed by atoms with Gasteiger partial charge in [-0.2, -0.15) is 0 Å². The minimum Gasteiger partial charge on any atom is -0.493 e. The third-order valence-electron chi connectivity index (χ3n) is 3.15. The lowest BCUT2D eigenvalue weighted by atomic mass is 9.89. The molecule has 1 aliphatic heterocycles. The molecule has 0 bridgehead atoms. The Morgan fingerprint density at radius 1 is 1.20 bits per heavy atom. The fraction of sp³-hybridized carbons (Fsp3) is 0.533. The first-order chi connectivity index (χ1) is 9.00. The van der Waals surface area contributed by atoms with Crippen LogP contribution in [0, 0.1) is 0 Å². The minimum atomic E-state index is -0.0515. The molecule has 2 rings (SSSR count). The first-order valence-electron chi connectivity index (χ1n) is 6.48. The summed E-state index contributed by atoms with van der Waals surface area (Å²) in [5, 5.41) is 1.11. The number of ether oxygens (including phenoxy) is 2. The molecule has 0 spiro atoms. The Hall–Kier alpha value is -0.870. The van der Waals surface area contributed by atoms with E-state index in [0.29, 0.717) is 0 Å². The number of benzene rings is 1. The third kappa shape index (κ3) is 3.41. The van der Waals surface area contributed by atoms with Crippen molar-refractivity contribution in [2.75, 3.05) is 20.0 Å². The average molecular weight is 316 g/mol. The molecule has 0 saturated heterocycles. The van der Waals surface area contributed by atoms with Crippen LogP contribution >= 0.6 is 24.2 Å². The van der Waals surface area contributed by atoms with Crippen LogP contribution in [-0.4, -0.2) is 30.6 Å². The maximum atomic E-state index is 5.39. The van der Waals surface area contributed by atoms with Crippen molar-refractivity contribution < 1.29 is 9.47 Å². The van der Waals surface area contributed by atoms with E-state index in [0.717, 1.165) is 28.7 Å².